The number of Topliss-reactive ketones (excluding diaryl/α,β-unsaturated/α-hetero) is 1. The Morgan fingerprint density at radius 1 is 1.10 bits per heavy atom. The number of benzene rings is 2. The van der Waals surface area contributed by atoms with Crippen molar-refractivity contribution in [2.24, 2.45) is 5.73 Å². The largest absolute Gasteiger partial charge is 0.493 e. The van der Waals surface area contributed by atoms with Gasteiger partial charge in [0, 0.05) is 5.57 Å². The number of rotatable bonds is 7. The lowest BCUT2D eigenvalue weighted by Crippen LogP contribution is -2.44. The third-order valence-electron chi connectivity index (χ3n) is 4.40. The van der Waals surface area contributed by atoms with Gasteiger partial charge in [0.2, 0.25) is 0 Å². The second kappa shape index (κ2) is 8.47. The first-order valence-corrected chi connectivity index (χ1v) is 8.87. The highest BCUT2D eigenvalue weighted by Gasteiger charge is 2.32. The lowest BCUT2D eigenvalue weighted by molar-refractivity contribution is -0.120. The number of amides is 3. The summed E-state index contributed by atoms with van der Waals surface area (Å²) in [4.78, 5) is 35.8. The van der Waals surface area contributed by atoms with Gasteiger partial charge in [-0.15, -0.1) is 0 Å². The van der Waals surface area contributed by atoms with E-state index in [2.05, 4.69) is 10.6 Å². The summed E-state index contributed by atoms with van der Waals surface area (Å²) >= 11 is 0. The Labute approximate surface area is 167 Å². The minimum atomic E-state index is -0.685. The summed E-state index contributed by atoms with van der Waals surface area (Å²) in [5.41, 5.74) is 7.35. The summed E-state index contributed by atoms with van der Waals surface area (Å²) in [5.74, 6) is -0.127. The van der Waals surface area contributed by atoms with Gasteiger partial charge in [-0.05, 0) is 30.2 Å². The van der Waals surface area contributed by atoms with Crippen LogP contribution >= 0.6 is 0 Å². The molecule has 4 N–H and O–H groups in total. The zero-order chi connectivity index (χ0) is 21.0. The maximum atomic E-state index is 12.5. The van der Waals surface area contributed by atoms with Crippen LogP contribution in [0.3, 0.4) is 0 Å². The van der Waals surface area contributed by atoms with Crippen LogP contribution in [0.2, 0.25) is 0 Å². The molecule has 3 rings (SSSR count). The van der Waals surface area contributed by atoms with Crippen LogP contribution in [-0.2, 0) is 9.59 Å². The maximum absolute atomic E-state index is 12.5. The fraction of sp³-hybridized carbons (Fsp3) is 0.190. The van der Waals surface area contributed by atoms with E-state index in [1.807, 2.05) is 30.3 Å². The Hall–Kier alpha value is -3.81. The van der Waals surface area contributed by atoms with Crippen LogP contribution in [0.4, 0.5) is 4.79 Å². The van der Waals surface area contributed by atoms with E-state index in [0.29, 0.717) is 28.3 Å². The van der Waals surface area contributed by atoms with Gasteiger partial charge in [-0.1, -0.05) is 36.4 Å². The summed E-state index contributed by atoms with van der Waals surface area (Å²) in [7, 11) is 1.45. The van der Waals surface area contributed by atoms with Gasteiger partial charge in [-0.2, -0.15) is 0 Å². The molecule has 0 aromatic heterocycles. The zero-order valence-electron chi connectivity index (χ0n) is 16.0. The fourth-order valence-electron chi connectivity index (χ4n) is 3.16. The van der Waals surface area contributed by atoms with Crippen molar-refractivity contribution >= 4 is 23.4 Å². The van der Waals surface area contributed by atoms with Gasteiger partial charge in [0.25, 0.3) is 5.91 Å². The van der Waals surface area contributed by atoms with E-state index >= 15 is 0 Å². The summed E-state index contributed by atoms with van der Waals surface area (Å²) in [6.07, 6.45) is 0. The second-order valence-corrected chi connectivity index (χ2v) is 6.41. The van der Waals surface area contributed by atoms with E-state index in [1.165, 1.54) is 14.0 Å². The van der Waals surface area contributed by atoms with E-state index in [9.17, 15) is 14.4 Å². The molecular weight excluding hydrogens is 374 g/mol. The molecule has 0 saturated heterocycles. The number of hydrogen-bond acceptors (Lipinski definition) is 5. The predicted octanol–water partition coefficient (Wildman–Crippen LogP) is 1.91. The number of ether oxygens (including phenoxy) is 2. The highest BCUT2D eigenvalue weighted by atomic mass is 16.5. The first-order valence-electron chi connectivity index (χ1n) is 8.87. The molecule has 3 amide bonds. The molecule has 2 aromatic rings. The van der Waals surface area contributed by atoms with E-state index in [-0.39, 0.29) is 12.4 Å². The van der Waals surface area contributed by atoms with Crippen LogP contribution in [0.25, 0.3) is 5.70 Å². The second-order valence-electron chi connectivity index (χ2n) is 6.41. The smallest absolute Gasteiger partial charge is 0.320 e. The predicted molar refractivity (Wildman–Crippen MR) is 106 cm³/mol. The Bertz CT molecular complexity index is 985. The summed E-state index contributed by atoms with van der Waals surface area (Å²) in [5, 5.41) is 5.52. The third-order valence-corrected chi connectivity index (χ3v) is 4.40. The van der Waals surface area contributed by atoms with E-state index in [4.69, 9.17) is 15.2 Å². The molecule has 2 aromatic carbocycles. The molecule has 1 aliphatic heterocycles. The maximum Gasteiger partial charge on any atom is 0.320 e. The van der Waals surface area contributed by atoms with Crippen molar-refractivity contribution in [3.05, 3.63) is 65.2 Å². The number of urea groups is 1. The van der Waals surface area contributed by atoms with Crippen molar-refractivity contribution in [2.75, 3.05) is 13.7 Å². The molecule has 8 nitrogen and oxygen atoms in total. The van der Waals surface area contributed by atoms with Crippen LogP contribution < -0.4 is 25.8 Å². The number of ketones is 1. The molecule has 8 heteroatoms. The van der Waals surface area contributed by atoms with Gasteiger partial charge in [0.05, 0.1) is 18.8 Å². The molecule has 1 aliphatic rings. The molecule has 1 unspecified atom stereocenters. The quantitative estimate of drug-likeness (QED) is 0.662. The molecule has 0 saturated carbocycles. The number of hydrogen-bond donors (Lipinski definition) is 3. The summed E-state index contributed by atoms with van der Waals surface area (Å²) in [6, 6.07) is 13.0. The van der Waals surface area contributed by atoms with Crippen LogP contribution in [-0.4, -0.2) is 31.4 Å². The molecule has 0 spiro atoms. The van der Waals surface area contributed by atoms with Crippen molar-refractivity contribution in [1.82, 2.24) is 10.6 Å². The van der Waals surface area contributed by atoms with Crippen molar-refractivity contribution in [1.29, 1.82) is 0 Å². The monoisotopic (exact) mass is 395 g/mol. The minimum absolute atomic E-state index is 0.186. The van der Waals surface area contributed by atoms with Gasteiger partial charge in [-0.25, -0.2) is 4.79 Å². The molecule has 150 valence electrons. The SMILES string of the molecule is COc1cc(C2NC(=O)NC(c3ccccc3)=C2C(C)=O)ccc1OCC(N)=O. The van der Waals surface area contributed by atoms with Crippen LogP contribution in [0, 0.1) is 0 Å². The lowest BCUT2D eigenvalue weighted by atomic mass is 9.90. The van der Waals surface area contributed by atoms with E-state index in [0.717, 1.165) is 5.56 Å². The standard InChI is InChI=1S/C21H21N3O5/c1-12(25)18-19(13-6-4-3-5-7-13)23-21(27)24-20(18)14-8-9-15(16(10-14)28-2)29-11-17(22)26/h3-10,20H,11H2,1-2H3,(H2,22,26)(H2,23,24,27). The molecule has 0 aliphatic carbocycles. The lowest BCUT2D eigenvalue weighted by Gasteiger charge is -2.30. The van der Waals surface area contributed by atoms with Crippen LogP contribution in [0.15, 0.2) is 54.1 Å². The fourth-order valence-corrected chi connectivity index (χ4v) is 3.16. The average Bonchev–Trinajstić information content (AvgIpc) is 2.71. The van der Waals surface area contributed by atoms with Crippen molar-refractivity contribution in [2.45, 2.75) is 13.0 Å². The van der Waals surface area contributed by atoms with E-state index < -0.39 is 18.0 Å². The number of carbonyl (C=O) groups is 3. The first kappa shape index (κ1) is 19.9. The Kier molecular flexibility index (Phi) is 5.82. The number of methoxy groups -OCH3 is 1. The van der Waals surface area contributed by atoms with Gasteiger partial charge in [0.15, 0.2) is 23.9 Å². The molecule has 1 atom stereocenters. The normalized spacial score (nSPS) is 15.9. The molecule has 1 heterocycles. The van der Waals surface area contributed by atoms with Crippen LogP contribution in [0.5, 0.6) is 11.5 Å². The van der Waals surface area contributed by atoms with Crippen molar-refractivity contribution < 1.29 is 23.9 Å². The van der Waals surface area contributed by atoms with Gasteiger partial charge >= 0.3 is 6.03 Å². The van der Waals surface area contributed by atoms with Gasteiger partial charge < -0.3 is 25.8 Å². The number of nitrogens with two attached hydrogens (primary N) is 1. The summed E-state index contributed by atoms with van der Waals surface area (Å²) < 4.78 is 10.7. The van der Waals surface area contributed by atoms with Crippen LogP contribution in [0.1, 0.15) is 24.1 Å². The van der Waals surface area contributed by atoms with Gasteiger partial charge in [0.1, 0.15) is 0 Å². The zero-order valence-corrected chi connectivity index (χ0v) is 16.0. The van der Waals surface area contributed by atoms with E-state index in [1.54, 1.807) is 18.2 Å². The third kappa shape index (κ3) is 4.37. The summed E-state index contributed by atoms with van der Waals surface area (Å²) in [6.45, 7) is 1.16. The Morgan fingerprint density at radius 3 is 2.45 bits per heavy atom. The average molecular weight is 395 g/mol. The van der Waals surface area contributed by atoms with Gasteiger partial charge in [-0.3, -0.25) is 9.59 Å². The van der Waals surface area contributed by atoms with Crippen molar-refractivity contribution in [3.8, 4) is 11.5 Å². The number of carbonyl (C=O) groups excluding carboxylic acids is 3. The van der Waals surface area contributed by atoms with Crippen molar-refractivity contribution in [3.63, 3.8) is 0 Å². The molecule has 0 fully saturated rings. The topological polar surface area (TPSA) is 120 Å². The minimum Gasteiger partial charge on any atom is -0.493 e. The number of primary amides is 1. The Balaban J connectivity index is 2.07. The highest BCUT2D eigenvalue weighted by molar-refractivity contribution is 6.06. The first-order chi connectivity index (χ1) is 13.9. The molecule has 0 radical (unpaired) electrons. The molecule has 29 heavy (non-hydrogen) atoms. The molecule has 0 bridgehead atoms. The Morgan fingerprint density at radius 2 is 1.83 bits per heavy atom. The molecular formula is C21H21N3O5. The number of nitrogens with one attached hydrogen (secondary N) is 2. The highest BCUT2D eigenvalue weighted by Crippen LogP contribution is 2.36.